The van der Waals surface area contributed by atoms with E-state index in [0.29, 0.717) is 31.1 Å². The van der Waals surface area contributed by atoms with Crippen molar-refractivity contribution in [1.82, 2.24) is 4.90 Å². The second-order valence-electron chi connectivity index (χ2n) is 6.73. The maximum absolute atomic E-state index is 13.0. The first-order chi connectivity index (χ1) is 13.5. The monoisotopic (exact) mass is 383 g/mol. The predicted molar refractivity (Wildman–Crippen MR) is 106 cm³/mol. The van der Waals surface area contributed by atoms with Crippen LogP contribution in [0.3, 0.4) is 0 Å². The summed E-state index contributed by atoms with van der Waals surface area (Å²) in [6.07, 6.45) is 1.73. The average Bonchev–Trinajstić information content (AvgIpc) is 2.74. The molecule has 2 aromatic carbocycles. The van der Waals surface area contributed by atoms with Gasteiger partial charge in [0.2, 0.25) is 0 Å². The summed E-state index contributed by atoms with van der Waals surface area (Å²) in [5, 5.41) is 9.14. The lowest BCUT2D eigenvalue weighted by Gasteiger charge is -2.33. The van der Waals surface area contributed by atoms with Crippen LogP contribution in [-0.2, 0) is 4.74 Å². The van der Waals surface area contributed by atoms with Crippen LogP contribution in [0.1, 0.15) is 40.5 Å². The van der Waals surface area contributed by atoms with Gasteiger partial charge in [0, 0.05) is 36.9 Å². The maximum Gasteiger partial charge on any atom is 0.335 e. The zero-order valence-corrected chi connectivity index (χ0v) is 16.2. The molecule has 0 unspecified atom stereocenters. The number of nitrogens with zero attached hydrogens (tertiary/aromatic N) is 1. The average molecular weight is 383 g/mol. The molecule has 1 saturated heterocycles. The smallest absolute Gasteiger partial charge is 0.335 e. The fourth-order valence-electron chi connectivity index (χ4n) is 3.59. The molecule has 0 atom stereocenters. The summed E-state index contributed by atoms with van der Waals surface area (Å²) < 4.78 is 10.8. The van der Waals surface area contributed by atoms with Gasteiger partial charge in [-0.1, -0.05) is 12.1 Å². The summed E-state index contributed by atoms with van der Waals surface area (Å²) in [6.45, 7) is 4.05. The van der Waals surface area contributed by atoms with E-state index in [0.717, 1.165) is 24.0 Å². The van der Waals surface area contributed by atoms with Gasteiger partial charge in [-0.25, -0.2) is 4.79 Å². The van der Waals surface area contributed by atoms with Crippen molar-refractivity contribution >= 4 is 11.9 Å². The van der Waals surface area contributed by atoms with Gasteiger partial charge in [0.15, 0.2) is 0 Å². The minimum atomic E-state index is -1.00. The molecule has 3 rings (SSSR count). The highest BCUT2D eigenvalue weighted by Gasteiger charge is 2.25. The van der Waals surface area contributed by atoms with Crippen molar-refractivity contribution in [3.05, 3.63) is 53.6 Å². The molecule has 1 amide bonds. The third-order valence-electron chi connectivity index (χ3n) is 5.12. The van der Waals surface area contributed by atoms with Crippen molar-refractivity contribution < 1.29 is 24.2 Å². The van der Waals surface area contributed by atoms with E-state index < -0.39 is 5.97 Å². The van der Waals surface area contributed by atoms with Crippen LogP contribution >= 0.6 is 0 Å². The Morgan fingerprint density at radius 3 is 2.32 bits per heavy atom. The molecule has 2 aromatic rings. The predicted octanol–water partition coefficient (Wildman–Crippen LogP) is 3.70. The lowest BCUT2D eigenvalue weighted by molar-refractivity contribution is 0.0305. The van der Waals surface area contributed by atoms with Gasteiger partial charge < -0.3 is 19.5 Å². The maximum atomic E-state index is 13.0. The van der Waals surface area contributed by atoms with Crippen LogP contribution in [0.15, 0.2) is 42.5 Å². The van der Waals surface area contributed by atoms with Crippen molar-refractivity contribution in [2.45, 2.75) is 25.8 Å². The lowest BCUT2D eigenvalue weighted by Crippen LogP contribution is -2.43. The lowest BCUT2D eigenvalue weighted by atomic mass is 10.00. The van der Waals surface area contributed by atoms with E-state index in [1.807, 2.05) is 36.1 Å². The SMILES string of the molecule is CCN(C(=O)c1ccc(-c2ccc(C(=O)O)cc2OC)cc1)C1CCOCC1. The molecule has 1 N–H and O–H groups in total. The molecule has 6 heteroatoms. The number of benzene rings is 2. The summed E-state index contributed by atoms with van der Waals surface area (Å²) >= 11 is 0. The molecule has 148 valence electrons. The number of carbonyl (C=O) groups excluding carboxylic acids is 1. The van der Waals surface area contributed by atoms with E-state index in [-0.39, 0.29) is 17.5 Å². The van der Waals surface area contributed by atoms with Crippen molar-refractivity contribution in [3.8, 4) is 16.9 Å². The molecule has 6 nitrogen and oxygen atoms in total. The molecule has 0 saturated carbocycles. The van der Waals surface area contributed by atoms with E-state index in [2.05, 4.69) is 0 Å². The summed E-state index contributed by atoms with van der Waals surface area (Å²) in [4.78, 5) is 26.0. The fraction of sp³-hybridized carbons (Fsp3) is 0.364. The van der Waals surface area contributed by atoms with Crippen LogP contribution in [0.5, 0.6) is 5.75 Å². The van der Waals surface area contributed by atoms with Crippen molar-refractivity contribution in [2.75, 3.05) is 26.9 Å². The van der Waals surface area contributed by atoms with Crippen molar-refractivity contribution in [1.29, 1.82) is 0 Å². The van der Waals surface area contributed by atoms with Gasteiger partial charge in [0.05, 0.1) is 12.7 Å². The van der Waals surface area contributed by atoms with E-state index >= 15 is 0 Å². The first kappa shape index (κ1) is 19.9. The van der Waals surface area contributed by atoms with Crippen molar-refractivity contribution in [3.63, 3.8) is 0 Å². The Morgan fingerprint density at radius 1 is 1.11 bits per heavy atom. The number of carboxylic acids is 1. The highest BCUT2D eigenvalue weighted by atomic mass is 16.5. The van der Waals surface area contributed by atoms with Crippen LogP contribution in [0.25, 0.3) is 11.1 Å². The summed E-state index contributed by atoms with van der Waals surface area (Å²) in [5.41, 5.74) is 2.45. The summed E-state index contributed by atoms with van der Waals surface area (Å²) in [7, 11) is 1.51. The highest BCUT2D eigenvalue weighted by Crippen LogP contribution is 2.31. The molecule has 28 heavy (non-hydrogen) atoms. The molecule has 0 aliphatic carbocycles. The van der Waals surface area contributed by atoms with Crippen LogP contribution in [0.4, 0.5) is 0 Å². The first-order valence-corrected chi connectivity index (χ1v) is 9.45. The number of carboxylic acid groups (broad SMARTS) is 1. The molecule has 0 aromatic heterocycles. The molecule has 1 heterocycles. The number of aromatic carboxylic acids is 1. The van der Waals surface area contributed by atoms with Gasteiger partial charge >= 0.3 is 5.97 Å². The molecule has 0 radical (unpaired) electrons. The Morgan fingerprint density at radius 2 is 1.75 bits per heavy atom. The molecule has 1 aliphatic rings. The molecule has 0 bridgehead atoms. The largest absolute Gasteiger partial charge is 0.496 e. The quantitative estimate of drug-likeness (QED) is 0.823. The molecule has 0 spiro atoms. The topological polar surface area (TPSA) is 76.1 Å². The second-order valence-corrected chi connectivity index (χ2v) is 6.73. The van der Waals surface area contributed by atoms with Crippen LogP contribution < -0.4 is 4.74 Å². The molecular formula is C22H25NO5. The van der Waals surface area contributed by atoms with Crippen LogP contribution in [0, 0.1) is 0 Å². The van der Waals surface area contributed by atoms with Gasteiger partial charge in [0.25, 0.3) is 5.91 Å². The summed E-state index contributed by atoms with van der Waals surface area (Å²) in [5.74, 6) is -0.496. The van der Waals surface area contributed by atoms with Crippen molar-refractivity contribution in [2.24, 2.45) is 0 Å². The Kier molecular flexibility index (Phi) is 6.31. The minimum Gasteiger partial charge on any atom is -0.496 e. The van der Waals surface area contributed by atoms with Gasteiger partial charge in [-0.2, -0.15) is 0 Å². The zero-order chi connectivity index (χ0) is 20.1. The van der Waals surface area contributed by atoms with Gasteiger partial charge in [-0.15, -0.1) is 0 Å². The van der Waals surface area contributed by atoms with Crippen LogP contribution in [-0.4, -0.2) is 54.8 Å². The third kappa shape index (κ3) is 4.17. The standard InChI is InChI=1S/C22H25NO5/c1-3-23(18-10-12-28-13-11-18)21(24)16-6-4-15(5-7-16)19-9-8-17(22(25)26)14-20(19)27-2/h4-9,14,18H,3,10-13H2,1-2H3,(H,25,26). The minimum absolute atomic E-state index is 0.0224. The number of amides is 1. The van der Waals surface area contributed by atoms with E-state index in [1.54, 1.807) is 12.1 Å². The van der Waals surface area contributed by atoms with Gasteiger partial charge in [-0.3, -0.25) is 4.79 Å². The second kappa shape index (κ2) is 8.89. The number of methoxy groups -OCH3 is 1. The number of hydrogen-bond acceptors (Lipinski definition) is 4. The van der Waals surface area contributed by atoms with E-state index in [9.17, 15) is 9.59 Å². The Hall–Kier alpha value is -2.86. The Balaban J connectivity index is 1.83. The van der Waals surface area contributed by atoms with E-state index in [4.69, 9.17) is 14.6 Å². The molecule has 1 aliphatic heterocycles. The summed E-state index contributed by atoms with van der Waals surface area (Å²) in [6, 6.07) is 12.3. The first-order valence-electron chi connectivity index (χ1n) is 9.45. The Bertz CT molecular complexity index is 841. The number of hydrogen-bond donors (Lipinski definition) is 1. The number of ether oxygens (including phenoxy) is 2. The third-order valence-corrected chi connectivity index (χ3v) is 5.12. The normalized spacial score (nSPS) is 14.5. The highest BCUT2D eigenvalue weighted by molar-refractivity contribution is 5.95. The van der Waals surface area contributed by atoms with Crippen LogP contribution in [0.2, 0.25) is 0 Å². The Labute approximate surface area is 164 Å². The van der Waals surface area contributed by atoms with Gasteiger partial charge in [-0.05, 0) is 55.7 Å². The number of rotatable bonds is 6. The molecule has 1 fully saturated rings. The number of carbonyl (C=O) groups is 2. The zero-order valence-electron chi connectivity index (χ0n) is 16.2. The molecular weight excluding hydrogens is 358 g/mol. The van der Waals surface area contributed by atoms with Gasteiger partial charge in [0.1, 0.15) is 5.75 Å². The fourth-order valence-corrected chi connectivity index (χ4v) is 3.59. The van der Waals surface area contributed by atoms with E-state index in [1.165, 1.54) is 13.2 Å².